The molecule has 3 aliphatic heterocycles. The van der Waals surface area contributed by atoms with Crippen LogP contribution in [0.5, 0.6) is 11.5 Å². The Hall–Kier alpha value is -2.82. The van der Waals surface area contributed by atoms with Crippen LogP contribution in [0.1, 0.15) is 29.5 Å². The molecule has 2 aromatic rings. The van der Waals surface area contributed by atoms with Crippen LogP contribution < -0.4 is 9.47 Å². The first kappa shape index (κ1) is 31.6. The Kier molecular flexibility index (Phi) is 9.58. The molecular weight excluding hydrogens is 592 g/mol. The van der Waals surface area contributed by atoms with E-state index in [4.69, 9.17) is 45.1 Å². The summed E-state index contributed by atoms with van der Waals surface area (Å²) in [6.07, 6.45) is -3.69. The molecule has 5 N–H and O–H groups in total. The zero-order chi connectivity index (χ0) is 30.8. The van der Waals surface area contributed by atoms with E-state index in [1.165, 1.54) is 13.2 Å². The molecule has 0 saturated carbocycles. The van der Waals surface area contributed by atoms with Crippen molar-refractivity contribution < 1.29 is 63.8 Å². The van der Waals surface area contributed by atoms with Gasteiger partial charge >= 0.3 is 5.97 Å². The largest absolute Gasteiger partial charge is 0.487 e. The Balaban J connectivity index is 1.35. The van der Waals surface area contributed by atoms with Crippen LogP contribution in [0, 0.1) is 0 Å². The van der Waals surface area contributed by atoms with E-state index in [9.17, 15) is 30.3 Å². The fourth-order valence-electron chi connectivity index (χ4n) is 5.35. The van der Waals surface area contributed by atoms with Crippen molar-refractivity contribution in [3.05, 3.63) is 64.2 Å². The number of hydrogen-bond donors (Lipinski definition) is 5. The molecule has 3 aliphatic rings. The monoisotopic (exact) mass is 624 g/mol. The van der Waals surface area contributed by atoms with E-state index in [1.807, 2.05) is 0 Å². The second-order valence-corrected chi connectivity index (χ2v) is 10.7. The minimum Gasteiger partial charge on any atom is -0.487 e. The van der Waals surface area contributed by atoms with Gasteiger partial charge in [-0.25, -0.2) is 9.68 Å². The molecule has 0 aliphatic carbocycles. The molecule has 2 aromatic carbocycles. The van der Waals surface area contributed by atoms with Gasteiger partial charge in [0.05, 0.1) is 11.6 Å². The summed E-state index contributed by atoms with van der Waals surface area (Å²) in [7, 11) is 1.49. The number of halogens is 1. The third-order valence-corrected chi connectivity index (χ3v) is 8.18. The SMILES string of the molecule is COC1(c2ccc(/C=C/C(=O)O)c(OCc3ccc(O[C@@H]4OC(CO)[C@H](O)C(O)C4O)cc3)c2Cl)OOC12CCOCC2. The van der Waals surface area contributed by atoms with Gasteiger partial charge in [-0.1, -0.05) is 35.9 Å². The molecule has 4 unspecified atom stereocenters. The second kappa shape index (κ2) is 13.0. The first-order chi connectivity index (χ1) is 20.6. The number of rotatable bonds is 10. The highest BCUT2D eigenvalue weighted by Crippen LogP contribution is 2.56. The van der Waals surface area contributed by atoms with Gasteiger partial charge in [0.1, 0.15) is 42.5 Å². The van der Waals surface area contributed by atoms with Crippen LogP contribution in [0.2, 0.25) is 5.02 Å². The van der Waals surface area contributed by atoms with E-state index < -0.39 is 54.7 Å². The number of aliphatic carboxylic acids is 1. The van der Waals surface area contributed by atoms with Crippen LogP contribution in [-0.2, 0) is 41.2 Å². The number of benzene rings is 2. The molecule has 234 valence electrons. The van der Waals surface area contributed by atoms with E-state index in [-0.39, 0.29) is 23.1 Å². The van der Waals surface area contributed by atoms with Crippen LogP contribution in [0.4, 0.5) is 0 Å². The van der Waals surface area contributed by atoms with Gasteiger partial charge in [-0.15, -0.1) is 0 Å². The highest BCUT2D eigenvalue weighted by atomic mass is 35.5. The summed E-state index contributed by atoms with van der Waals surface area (Å²) in [5.41, 5.74) is 0.721. The summed E-state index contributed by atoms with van der Waals surface area (Å²) in [5.74, 6) is -1.99. The Morgan fingerprint density at radius 2 is 1.77 bits per heavy atom. The lowest BCUT2D eigenvalue weighted by molar-refractivity contribution is -0.624. The van der Waals surface area contributed by atoms with Crippen LogP contribution in [-0.4, -0.2) is 94.7 Å². The van der Waals surface area contributed by atoms with E-state index in [0.29, 0.717) is 42.7 Å². The molecule has 3 saturated heterocycles. The van der Waals surface area contributed by atoms with Gasteiger partial charge in [-0.05, 0) is 23.8 Å². The smallest absolute Gasteiger partial charge is 0.328 e. The van der Waals surface area contributed by atoms with Gasteiger partial charge in [-0.3, -0.25) is 0 Å². The van der Waals surface area contributed by atoms with Gasteiger partial charge < -0.3 is 49.2 Å². The molecule has 1 spiro atoms. The number of carboxylic acids is 1. The van der Waals surface area contributed by atoms with Crippen molar-refractivity contribution in [2.45, 2.75) is 61.5 Å². The Morgan fingerprint density at radius 1 is 1.05 bits per heavy atom. The molecule has 14 heteroatoms. The third-order valence-electron chi connectivity index (χ3n) is 7.80. The number of aliphatic hydroxyl groups excluding tert-OH is 4. The van der Waals surface area contributed by atoms with Gasteiger partial charge in [0.25, 0.3) is 5.79 Å². The summed E-state index contributed by atoms with van der Waals surface area (Å²) < 4.78 is 28.5. The average molecular weight is 625 g/mol. The standard InChI is InChI=1S/C29H33ClO13/c1-37-29(28(42-43-29)10-12-38-13-11-28)19-8-4-17(5-9-21(32)33)26(22(19)30)39-15-16-2-6-18(7-3-16)40-27-25(36)24(35)23(34)20(14-31)41-27/h2-9,20,23-25,27,31,34-36H,10-15H2,1H3,(H,32,33)/b9-5+/t20?,23-,24?,25?,27+,29?/m0/s1. The van der Waals surface area contributed by atoms with Crippen molar-refractivity contribution in [3.63, 3.8) is 0 Å². The molecule has 13 nitrogen and oxygen atoms in total. The number of carboxylic acid groups (broad SMARTS) is 1. The molecule has 0 aromatic heterocycles. The maximum absolute atomic E-state index is 11.2. The molecule has 3 heterocycles. The molecule has 0 radical (unpaired) electrons. The summed E-state index contributed by atoms with van der Waals surface area (Å²) >= 11 is 6.90. The fourth-order valence-corrected chi connectivity index (χ4v) is 5.70. The lowest BCUT2D eigenvalue weighted by Crippen LogP contribution is -2.67. The van der Waals surface area contributed by atoms with E-state index in [0.717, 1.165) is 6.08 Å². The predicted octanol–water partition coefficient (Wildman–Crippen LogP) is 1.51. The van der Waals surface area contributed by atoms with Crippen molar-refractivity contribution in [2.24, 2.45) is 0 Å². The normalized spacial score (nSPS) is 30.2. The Bertz CT molecular complexity index is 1310. The number of methoxy groups -OCH3 is 1. The predicted molar refractivity (Wildman–Crippen MR) is 147 cm³/mol. The number of carbonyl (C=O) groups is 1. The van der Waals surface area contributed by atoms with Crippen LogP contribution >= 0.6 is 11.6 Å². The van der Waals surface area contributed by atoms with Crippen molar-refractivity contribution in [3.8, 4) is 11.5 Å². The number of hydrogen-bond acceptors (Lipinski definition) is 12. The summed E-state index contributed by atoms with van der Waals surface area (Å²) in [4.78, 5) is 22.4. The highest BCUT2D eigenvalue weighted by molar-refractivity contribution is 6.33. The molecule has 0 bridgehead atoms. The first-order valence-electron chi connectivity index (χ1n) is 13.6. The van der Waals surface area contributed by atoms with Crippen LogP contribution in [0.15, 0.2) is 42.5 Å². The second-order valence-electron chi connectivity index (χ2n) is 10.4. The molecule has 3 fully saturated rings. The maximum Gasteiger partial charge on any atom is 0.328 e. The zero-order valence-electron chi connectivity index (χ0n) is 23.1. The molecule has 6 atom stereocenters. The molecular formula is C29H33ClO13. The lowest BCUT2D eigenvalue weighted by Gasteiger charge is -2.56. The molecule has 43 heavy (non-hydrogen) atoms. The highest BCUT2D eigenvalue weighted by Gasteiger charge is 2.67. The Morgan fingerprint density at radius 3 is 2.37 bits per heavy atom. The number of aliphatic hydroxyl groups is 4. The molecule has 0 amide bonds. The summed E-state index contributed by atoms with van der Waals surface area (Å²) in [6, 6.07) is 9.87. The van der Waals surface area contributed by atoms with Crippen molar-refractivity contribution in [1.29, 1.82) is 0 Å². The van der Waals surface area contributed by atoms with Gasteiger partial charge in [0, 0.05) is 50.4 Å². The Labute approximate surface area is 251 Å². The minimum absolute atomic E-state index is 0.0216. The first-order valence-corrected chi connectivity index (χ1v) is 13.9. The lowest BCUT2D eigenvalue weighted by atomic mass is 9.79. The van der Waals surface area contributed by atoms with Crippen LogP contribution in [0.25, 0.3) is 6.08 Å². The topological polar surface area (TPSA) is 183 Å². The maximum atomic E-state index is 11.2. The summed E-state index contributed by atoms with van der Waals surface area (Å²) in [5, 5.41) is 48.9. The van der Waals surface area contributed by atoms with Gasteiger partial charge in [-0.2, -0.15) is 4.89 Å². The van der Waals surface area contributed by atoms with E-state index in [1.54, 1.807) is 36.4 Å². The molecule has 5 rings (SSSR count). The van der Waals surface area contributed by atoms with Crippen molar-refractivity contribution >= 4 is 23.6 Å². The average Bonchev–Trinajstić information content (AvgIpc) is 3.01. The van der Waals surface area contributed by atoms with E-state index >= 15 is 0 Å². The summed E-state index contributed by atoms with van der Waals surface area (Å²) in [6.45, 7) is 0.345. The number of ether oxygens (including phenoxy) is 5. The van der Waals surface area contributed by atoms with Crippen molar-refractivity contribution in [1.82, 2.24) is 0 Å². The van der Waals surface area contributed by atoms with Gasteiger partial charge in [0.15, 0.2) is 5.60 Å². The van der Waals surface area contributed by atoms with Crippen molar-refractivity contribution in [2.75, 3.05) is 26.9 Å². The zero-order valence-corrected chi connectivity index (χ0v) is 23.9. The minimum atomic E-state index is -1.57. The van der Waals surface area contributed by atoms with E-state index in [2.05, 4.69) is 0 Å². The quantitative estimate of drug-likeness (QED) is 0.190. The van der Waals surface area contributed by atoms with Crippen LogP contribution in [0.3, 0.4) is 0 Å². The fraction of sp³-hybridized carbons (Fsp3) is 0.483. The third kappa shape index (κ3) is 5.98. The van der Waals surface area contributed by atoms with Gasteiger partial charge in [0.2, 0.25) is 6.29 Å².